The van der Waals surface area contributed by atoms with Gasteiger partial charge in [-0.3, -0.25) is 4.79 Å². The molecule has 1 fully saturated rings. The Labute approximate surface area is 86.6 Å². The molecule has 0 aromatic rings. The molecule has 0 aliphatic carbocycles. The van der Waals surface area contributed by atoms with Gasteiger partial charge in [0, 0.05) is 6.04 Å². The van der Waals surface area contributed by atoms with Gasteiger partial charge in [-0.15, -0.1) is 0 Å². The molecule has 2 N–H and O–H groups in total. The largest absolute Gasteiger partial charge is 0.352 e. The fourth-order valence-electron chi connectivity index (χ4n) is 1.94. The monoisotopic (exact) mass is 198 g/mol. The van der Waals surface area contributed by atoms with E-state index in [0.717, 1.165) is 38.6 Å². The van der Waals surface area contributed by atoms with Gasteiger partial charge in [-0.1, -0.05) is 20.3 Å². The van der Waals surface area contributed by atoms with Gasteiger partial charge in [0.1, 0.15) is 0 Å². The van der Waals surface area contributed by atoms with Crippen LogP contribution in [0.25, 0.3) is 0 Å². The standard InChI is InChI=1S/C11H22N2O/c1-3-6-9(4-2)13-11(14)10-7-5-8-12-10/h9-10,12H,3-8H2,1-2H3,(H,13,14). The molecule has 14 heavy (non-hydrogen) atoms. The summed E-state index contributed by atoms with van der Waals surface area (Å²) in [7, 11) is 0. The lowest BCUT2D eigenvalue weighted by molar-refractivity contribution is -0.123. The van der Waals surface area contributed by atoms with Crippen LogP contribution in [0.5, 0.6) is 0 Å². The minimum Gasteiger partial charge on any atom is -0.352 e. The van der Waals surface area contributed by atoms with E-state index in [2.05, 4.69) is 24.5 Å². The second kappa shape index (κ2) is 6.02. The van der Waals surface area contributed by atoms with Gasteiger partial charge in [-0.2, -0.15) is 0 Å². The third-order valence-electron chi connectivity index (χ3n) is 2.85. The number of amides is 1. The van der Waals surface area contributed by atoms with Crippen molar-refractivity contribution < 1.29 is 4.79 Å². The first-order valence-corrected chi connectivity index (χ1v) is 5.81. The van der Waals surface area contributed by atoms with Crippen LogP contribution in [0.2, 0.25) is 0 Å². The van der Waals surface area contributed by atoms with E-state index in [-0.39, 0.29) is 11.9 Å². The molecule has 0 spiro atoms. The molecule has 0 saturated carbocycles. The van der Waals surface area contributed by atoms with Crippen LogP contribution in [-0.2, 0) is 4.79 Å². The zero-order valence-corrected chi connectivity index (χ0v) is 9.31. The topological polar surface area (TPSA) is 41.1 Å². The lowest BCUT2D eigenvalue weighted by Gasteiger charge is -2.18. The van der Waals surface area contributed by atoms with Crippen LogP contribution >= 0.6 is 0 Å². The van der Waals surface area contributed by atoms with Crippen molar-refractivity contribution in [1.82, 2.24) is 10.6 Å². The summed E-state index contributed by atoms with van der Waals surface area (Å²) in [5.74, 6) is 0.197. The van der Waals surface area contributed by atoms with E-state index < -0.39 is 0 Å². The summed E-state index contributed by atoms with van der Waals surface area (Å²) in [5.41, 5.74) is 0. The van der Waals surface area contributed by atoms with Gasteiger partial charge in [0.2, 0.25) is 5.91 Å². The summed E-state index contributed by atoms with van der Waals surface area (Å²) < 4.78 is 0. The highest BCUT2D eigenvalue weighted by Crippen LogP contribution is 2.07. The summed E-state index contributed by atoms with van der Waals surface area (Å²) in [6, 6.07) is 0.441. The van der Waals surface area contributed by atoms with Crippen molar-refractivity contribution in [2.75, 3.05) is 6.54 Å². The highest BCUT2D eigenvalue weighted by atomic mass is 16.2. The fourth-order valence-corrected chi connectivity index (χ4v) is 1.94. The Kier molecular flexibility index (Phi) is 4.94. The molecule has 1 aliphatic rings. The first-order valence-electron chi connectivity index (χ1n) is 5.81. The SMILES string of the molecule is CCCC(CC)NC(=O)C1CCCN1. The van der Waals surface area contributed by atoms with E-state index >= 15 is 0 Å². The average Bonchev–Trinajstić information content (AvgIpc) is 2.69. The van der Waals surface area contributed by atoms with Crippen molar-refractivity contribution >= 4 is 5.91 Å². The Morgan fingerprint density at radius 1 is 1.57 bits per heavy atom. The number of carbonyl (C=O) groups is 1. The predicted molar refractivity (Wildman–Crippen MR) is 58.2 cm³/mol. The van der Waals surface area contributed by atoms with Crippen molar-refractivity contribution in [3.63, 3.8) is 0 Å². The number of hydrogen-bond acceptors (Lipinski definition) is 2. The summed E-state index contributed by atoms with van der Waals surface area (Å²) in [6.07, 6.45) is 5.38. The van der Waals surface area contributed by atoms with Gasteiger partial charge >= 0.3 is 0 Å². The molecule has 82 valence electrons. The average molecular weight is 198 g/mol. The summed E-state index contributed by atoms with van der Waals surface area (Å²) in [4.78, 5) is 11.7. The smallest absolute Gasteiger partial charge is 0.237 e. The summed E-state index contributed by atoms with van der Waals surface area (Å²) in [5, 5.41) is 6.32. The Bertz CT molecular complexity index is 176. The molecular weight excluding hydrogens is 176 g/mol. The third kappa shape index (κ3) is 3.29. The van der Waals surface area contributed by atoms with Crippen molar-refractivity contribution in [3.8, 4) is 0 Å². The van der Waals surface area contributed by atoms with Crippen LogP contribution in [0.4, 0.5) is 0 Å². The maximum absolute atomic E-state index is 11.7. The minimum atomic E-state index is 0.0703. The van der Waals surface area contributed by atoms with E-state index in [1.54, 1.807) is 0 Å². The Morgan fingerprint density at radius 2 is 2.36 bits per heavy atom. The predicted octanol–water partition coefficient (Wildman–Crippen LogP) is 1.43. The second-order valence-electron chi connectivity index (χ2n) is 4.05. The fraction of sp³-hybridized carbons (Fsp3) is 0.909. The molecule has 3 nitrogen and oxygen atoms in total. The number of hydrogen-bond donors (Lipinski definition) is 2. The van der Waals surface area contributed by atoms with Crippen LogP contribution in [0, 0.1) is 0 Å². The van der Waals surface area contributed by atoms with E-state index in [0.29, 0.717) is 6.04 Å². The van der Waals surface area contributed by atoms with Crippen LogP contribution in [0.3, 0.4) is 0 Å². The van der Waals surface area contributed by atoms with E-state index in [9.17, 15) is 4.79 Å². The quantitative estimate of drug-likeness (QED) is 0.701. The number of nitrogens with one attached hydrogen (secondary N) is 2. The minimum absolute atomic E-state index is 0.0703. The van der Waals surface area contributed by atoms with Gasteiger partial charge in [0.05, 0.1) is 6.04 Å². The molecule has 2 unspecified atom stereocenters. The van der Waals surface area contributed by atoms with E-state index in [1.807, 2.05) is 0 Å². The van der Waals surface area contributed by atoms with Crippen molar-refractivity contribution in [3.05, 3.63) is 0 Å². The van der Waals surface area contributed by atoms with Gasteiger partial charge < -0.3 is 10.6 Å². The molecular formula is C11H22N2O. The molecule has 1 saturated heterocycles. The second-order valence-corrected chi connectivity index (χ2v) is 4.05. The zero-order valence-electron chi connectivity index (χ0n) is 9.31. The van der Waals surface area contributed by atoms with Crippen LogP contribution < -0.4 is 10.6 Å². The Morgan fingerprint density at radius 3 is 2.86 bits per heavy atom. The van der Waals surface area contributed by atoms with Crippen molar-refractivity contribution in [2.45, 2.75) is 58.0 Å². The molecule has 1 rings (SSSR count). The first kappa shape index (κ1) is 11.5. The number of carbonyl (C=O) groups excluding carboxylic acids is 1. The van der Waals surface area contributed by atoms with Crippen LogP contribution in [0.15, 0.2) is 0 Å². The highest BCUT2D eigenvalue weighted by Gasteiger charge is 2.23. The molecule has 0 radical (unpaired) electrons. The zero-order chi connectivity index (χ0) is 10.4. The first-order chi connectivity index (χ1) is 6.77. The third-order valence-corrected chi connectivity index (χ3v) is 2.85. The van der Waals surface area contributed by atoms with Gasteiger partial charge in [-0.25, -0.2) is 0 Å². The van der Waals surface area contributed by atoms with E-state index in [4.69, 9.17) is 0 Å². The Hall–Kier alpha value is -0.570. The lowest BCUT2D eigenvalue weighted by atomic mass is 10.1. The molecule has 1 aliphatic heterocycles. The molecule has 2 atom stereocenters. The normalized spacial score (nSPS) is 23.4. The molecule has 1 heterocycles. The van der Waals surface area contributed by atoms with Gasteiger partial charge in [0.15, 0.2) is 0 Å². The molecule has 0 aromatic heterocycles. The van der Waals surface area contributed by atoms with Gasteiger partial charge in [0.25, 0.3) is 0 Å². The van der Waals surface area contributed by atoms with Gasteiger partial charge in [-0.05, 0) is 32.2 Å². The number of rotatable bonds is 5. The molecule has 0 aromatic carbocycles. The lowest BCUT2D eigenvalue weighted by Crippen LogP contribution is -2.44. The van der Waals surface area contributed by atoms with Crippen molar-refractivity contribution in [1.29, 1.82) is 0 Å². The van der Waals surface area contributed by atoms with Crippen LogP contribution in [0.1, 0.15) is 46.0 Å². The Balaban J connectivity index is 2.29. The van der Waals surface area contributed by atoms with E-state index in [1.165, 1.54) is 0 Å². The highest BCUT2D eigenvalue weighted by molar-refractivity contribution is 5.82. The van der Waals surface area contributed by atoms with Crippen LogP contribution in [-0.4, -0.2) is 24.5 Å². The molecule has 1 amide bonds. The molecule has 0 bridgehead atoms. The van der Waals surface area contributed by atoms with Crippen molar-refractivity contribution in [2.24, 2.45) is 0 Å². The maximum Gasteiger partial charge on any atom is 0.237 e. The maximum atomic E-state index is 11.7. The summed E-state index contributed by atoms with van der Waals surface area (Å²) >= 11 is 0. The summed E-state index contributed by atoms with van der Waals surface area (Å²) in [6.45, 7) is 5.27. The molecule has 3 heteroatoms.